The summed E-state index contributed by atoms with van der Waals surface area (Å²) in [5, 5.41) is 28.7. The van der Waals surface area contributed by atoms with E-state index in [1.165, 1.54) is 0 Å². The number of imidazole rings is 1. The maximum atomic E-state index is 9.99. The van der Waals surface area contributed by atoms with Crippen LogP contribution >= 0.6 is 0 Å². The van der Waals surface area contributed by atoms with Gasteiger partial charge in [-0.3, -0.25) is 10.4 Å². The Morgan fingerprint density at radius 3 is 2.59 bits per heavy atom. The molecule has 1 fully saturated rings. The van der Waals surface area contributed by atoms with Crippen LogP contribution in [0.3, 0.4) is 0 Å². The second-order valence-electron chi connectivity index (χ2n) is 7.53. The lowest BCUT2D eigenvalue weighted by Gasteiger charge is -2.27. The zero-order valence-electron chi connectivity index (χ0n) is 17.2. The van der Waals surface area contributed by atoms with Crippen LogP contribution < -0.4 is 10.1 Å². The number of hydrogen-bond donors (Lipinski definition) is 3. The first-order valence-corrected chi connectivity index (χ1v) is 10.2. The van der Waals surface area contributed by atoms with Crippen molar-refractivity contribution in [2.24, 2.45) is 0 Å². The van der Waals surface area contributed by atoms with Crippen molar-refractivity contribution in [3.8, 4) is 17.0 Å². The number of phenolic OH excluding ortho intramolecular Hbond substituents is 1. The molecule has 0 amide bonds. The Morgan fingerprint density at radius 1 is 1.00 bits per heavy atom. The molecule has 0 spiro atoms. The Bertz CT molecular complexity index is 1250. The lowest BCUT2D eigenvalue weighted by molar-refractivity contribution is 0.0291. The fourth-order valence-corrected chi connectivity index (χ4v) is 3.78. The van der Waals surface area contributed by atoms with Gasteiger partial charge in [0.25, 0.3) is 0 Å². The first-order chi connectivity index (χ1) is 15.6. The van der Waals surface area contributed by atoms with E-state index >= 15 is 0 Å². The molecule has 32 heavy (non-hydrogen) atoms. The molecule has 0 radical (unpaired) electrons. The number of aromatic hydroxyl groups is 1. The van der Waals surface area contributed by atoms with Gasteiger partial charge in [-0.15, -0.1) is 5.23 Å². The summed E-state index contributed by atoms with van der Waals surface area (Å²) in [4.78, 5) is 16.2. The smallest absolute Gasteiger partial charge is 0.228 e. The highest BCUT2D eigenvalue weighted by molar-refractivity contribution is 5.88. The van der Waals surface area contributed by atoms with Crippen LogP contribution in [0.1, 0.15) is 5.56 Å². The Labute approximate surface area is 183 Å². The number of aromatic nitrogens is 4. The van der Waals surface area contributed by atoms with Crippen molar-refractivity contribution in [1.29, 1.82) is 0 Å². The molecule has 164 valence electrons. The minimum atomic E-state index is 0.0915. The lowest BCUT2D eigenvalue weighted by atomic mass is 10.1. The fourth-order valence-electron chi connectivity index (χ4n) is 3.78. The number of rotatable bonds is 5. The summed E-state index contributed by atoms with van der Waals surface area (Å²) < 4.78 is 7.36. The summed E-state index contributed by atoms with van der Waals surface area (Å²) in [5.41, 5.74) is 3.76. The zero-order chi connectivity index (χ0) is 22.1. The molecule has 3 heterocycles. The van der Waals surface area contributed by atoms with Gasteiger partial charge in [0.15, 0.2) is 5.65 Å². The van der Waals surface area contributed by atoms with Crippen LogP contribution in [0.2, 0.25) is 0 Å². The third-order valence-electron chi connectivity index (χ3n) is 5.36. The summed E-state index contributed by atoms with van der Waals surface area (Å²) >= 11 is 0. The van der Waals surface area contributed by atoms with Gasteiger partial charge in [-0.1, -0.05) is 24.3 Å². The van der Waals surface area contributed by atoms with Crippen LogP contribution in [0.5, 0.6) is 5.75 Å². The Kier molecular flexibility index (Phi) is 5.31. The summed E-state index contributed by atoms with van der Waals surface area (Å²) in [6.45, 7) is 3.01. The molecule has 0 bridgehead atoms. The topological polar surface area (TPSA) is 120 Å². The zero-order valence-corrected chi connectivity index (χ0v) is 17.2. The van der Waals surface area contributed by atoms with Gasteiger partial charge in [-0.25, -0.2) is 9.97 Å². The van der Waals surface area contributed by atoms with E-state index in [0.717, 1.165) is 11.1 Å². The predicted octanol–water partition coefficient (Wildman–Crippen LogP) is 2.67. The lowest BCUT2D eigenvalue weighted by Crippen LogP contribution is -2.37. The summed E-state index contributed by atoms with van der Waals surface area (Å²) in [5.74, 6) is 0.725. The molecule has 0 unspecified atom stereocenters. The van der Waals surface area contributed by atoms with E-state index in [4.69, 9.17) is 14.7 Å². The largest absolute Gasteiger partial charge is 0.508 e. The number of hydrogen-bond acceptors (Lipinski definition) is 9. The van der Waals surface area contributed by atoms with Gasteiger partial charge in [0.05, 0.1) is 31.8 Å². The van der Waals surface area contributed by atoms with E-state index in [0.29, 0.717) is 55.7 Å². The van der Waals surface area contributed by atoms with Gasteiger partial charge < -0.3 is 19.3 Å². The van der Waals surface area contributed by atoms with E-state index in [1.54, 1.807) is 42.7 Å². The standard InChI is InChI=1S/C22H22N6O4/c29-18-6-2-4-16(12-18)19-20-21(25-22(24-19)26-7-9-32-10-8-26)27(14-23-20)13-15-3-1-5-17(11-15)28(30)31/h1-6,11-12,14,29-31H,7-10,13H2. The highest BCUT2D eigenvalue weighted by Crippen LogP contribution is 2.30. The molecule has 1 aliphatic rings. The average molecular weight is 434 g/mol. The van der Waals surface area contributed by atoms with Gasteiger partial charge in [-0.2, -0.15) is 4.98 Å². The number of benzene rings is 2. The van der Waals surface area contributed by atoms with Crippen LogP contribution in [-0.2, 0) is 11.3 Å². The third kappa shape index (κ3) is 3.94. The fraction of sp³-hybridized carbons (Fsp3) is 0.227. The number of ether oxygens (including phenoxy) is 1. The molecule has 0 atom stereocenters. The molecule has 10 heteroatoms. The molecule has 0 saturated carbocycles. The minimum Gasteiger partial charge on any atom is -0.508 e. The Morgan fingerprint density at radius 2 is 1.81 bits per heavy atom. The number of anilines is 2. The highest BCUT2D eigenvalue weighted by Gasteiger charge is 2.20. The summed E-state index contributed by atoms with van der Waals surface area (Å²) in [7, 11) is 0. The summed E-state index contributed by atoms with van der Waals surface area (Å²) in [6, 6.07) is 13.8. The van der Waals surface area contributed by atoms with Crippen LogP contribution in [0.15, 0.2) is 54.9 Å². The van der Waals surface area contributed by atoms with Gasteiger partial charge in [0.1, 0.15) is 17.0 Å². The molecule has 2 aromatic heterocycles. The van der Waals surface area contributed by atoms with Crippen LogP contribution in [0.4, 0.5) is 11.6 Å². The van der Waals surface area contributed by atoms with Crippen molar-refractivity contribution in [2.75, 3.05) is 36.4 Å². The minimum absolute atomic E-state index is 0.0915. The van der Waals surface area contributed by atoms with Crippen molar-refractivity contribution in [2.45, 2.75) is 6.54 Å². The first-order valence-electron chi connectivity index (χ1n) is 10.2. The molecule has 4 aromatic rings. The first kappa shape index (κ1) is 20.2. The normalized spacial score (nSPS) is 14.1. The molecule has 2 aromatic carbocycles. The van der Waals surface area contributed by atoms with E-state index in [1.807, 2.05) is 16.7 Å². The summed E-state index contributed by atoms with van der Waals surface area (Å²) in [6.07, 6.45) is 1.69. The molecule has 1 aliphatic heterocycles. The molecule has 0 aliphatic carbocycles. The molecule has 10 nitrogen and oxygen atoms in total. The SMILES string of the molecule is Oc1cccc(-c2nc(N3CCOCC3)nc3c2ncn3Cc2cccc(N(O)O)c2)c1. The van der Waals surface area contributed by atoms with E-state index in [2.05, 4.69) is 9.88 Å². The average Bonchev–Trinajstić information content (AvgIpc) is 3.22. The molecule has 5 rings (SSSR count). The Balaban J connectivity index is 1.62. The van der Waals surface area contributed by atoms with Crippen LogP contribution in [-0.4, -0.2) is 61.3 Å². The van der Waals surface area contributed by atoms with E-state index in [-0.39, 0.29) is 16.7 Å². The number of phenols is 1. The maximum Gasteiger partial charge on any atom is 0.228 e. The molecule has 3 N–H and O–H groups in total. The van der Waals surface area contributed by atoms with Crippen molar-refractivity contribution < 1.29 is 20.3 Å². The van der Waals surface area contributed by atoms with Crippen LogP contribution in [0.25, 0.3) is 22.4 Å². The maximum absolute atomic E-state index is 9.99. The third-order valence-corrected chi connectivity index (χ3v) is 5.36. The predicted molar refractivity (Wildman–Crippen MR) is 117 cm³/mol. The number of fused-ring (bicyclic) bond motifs is 1. The van der Waals surface area contributed by atoms with E-state index in [9.17, 15) is 15.5 Å². The van der Waals surface area contributed by atoms with Crippen molar-refractivity contribution in [3.63, 3.8) is 0 Å². The number of morpholine rings is 1. The van der Waals surface area contributed by atoms with Gasteiger partial charge in [-0.05, 0) is 29.8 Å². The van der Waals surface area contributed by atoms with Gasteiger partial charge in [0, 0.05) is 18.7 Å². The van der Waals surface area contributed by atoms with Crippen molar-refractivity contribution in [1.82, 2.24) is 19.5 Å². The van der Waals surface area contributed by atoms with Crippen LogP contribution in [0, 0.1) is 0 Å². The van der Waals surface area contributed by atoms with Gasteiger partial charge >= 0.3 is 0 Å². The monoisotopic (exact) mass is 434 g/mol. The molecular weight excluding hydrogens is 412 g/mol. The van der Waals surface area contributed by atoms with Crippen molar-refractivity contribution in [3.05, 3.63) is 60.4 Å². The molecule has 1 saturated heterocycles. The second kappa shape index (κ2) is 8.42. The van der Waals surface area contributed by atoms with Crippen molar-refractivity contribution >= 4 is 22.8 Å². The van der Waals surface area contributed by atoms with Gasteiger partial charge in [0.2, 0.25) is 5.95 Å². The Hall–Kier alpha value is -3.73. The molecular formula is C22H22N6O4. The number of nitrogens with zero attached hydrogens (tertiary/aromatic N) is 6. The quantitative estimate of drug-likeness (QED) is 0.407. The highest BCUT2D eigenvalue weighted by atomic mass is 16.8. The second-order valence-corrected chi connectivity index (χ2v) is 7.53. The van der Waals surface area contributed by atoms with E-state index < -0.39 is 0 Å².